The van der Waals surface area contributed by atoms with Gasteiger partial charge in [0.25, 0.3) is 0 Å². The predicted molar refractivity (Wildman–Crippen MR) is 85.1 cm³/mol. The Kier molecular flexibility index (Phi) is 4.30. The van der Waals surface area contributed by atoms with Crippen molar-refractivity contribution < 1.29 is 18.3 Å². The zero-order chi connectivity index (χ0) is 17.2. The number of nitrogens with one attached hydrogen (secondary N) is 1. The van der Waals surface area contributed by atoms with Gasteiger partial charge in [-0.05, 0) is 54.0 Å². The van der Waals surface area contributed by atoms with E-state index in [2.05, 4.69) is 20.2 Å². The smallest absolute Gasteiger partial charge is 0.332 e. The highest BCUT2D eigenvalue weighted by atomic mass is 32.2. The van der Waals surface area contributed by atoms with Gasteiger partial charge in [0.15, 0.2) is 0 Å². The van der Waals surface area contributed by atoms with Gasteiger partial charge in [-0.3, -0.25) is 4.72 Å². The minimum Gasteiger partial charge on any atom is -0.478 e. The third-order valence-corrected chi connectivity index (χ3v) is 5.50. The number of carboxylic acid groups (broad SMARTS) is 1. The van der Waals surface area contributed by atoms with Gasteiger partial charge in [-0.1, -0.05) is 6.08 Å². The van der Waals surface area contributed by atoms with Crippen LogP contribution in [0.2, 0.25) is 0 Å². The van der Waals surface area contributed by atoms with Crippen molar-refractivity contribution in [1.82, 2.24) is 20.2 Å². The van der Waals surface area contributed by atoms with E-state index in [1.54, 1.807) is 24.3 Å². The Morgan fingerprint density at radius 2 is 2.04 bits per heavy atom. The maximum Gasteiger partial charge on any atom is 0.332 e. The number of sulfonamides is 1. The fourth-order valence-corrected chi connectivity index (χ4v) is 4.21. The lowest BCUT2D eigenvalue weighted by atomic mass is 9.99. The molecule has 0 saturated heterocycles. The van der Waals surface area contributed by atoms with Crippen molar-refractivity contribution in [3.8, 4) is 5.69 Å². The third-order valence-electron chi connectivity index (χ3n) is 3.74. The molecule has 1 unspecified atom stereocenters. The largest absolute Gasteiger partial charge is 0.478 e. The predicted octanol–water partition coefficient (Wildman–Crippen LogP) is 0.967. The molecule has 9 nitrogen and oxygen atoms in total. The fraction of sp³-hybridized carbons (Fsp3) is 0.286. The number of anilines is 1. The zero-order valence-corrected chi connectivity index (χ0v) is 13.3. The van der Waals surface area contributed by atoms with Crippen LogP contribution in [0.15, 0.2) is 42.2 Å². The average Bonchev–Trinajstić information content (AvgIpc) is 3.10. The molecule has 1 aliphatic carbocycles. The number of hydrogen-bond acceptors (Lipinski definition) is 6. The number of carbonyl (C=O) groups is 1. The van der Waals surface area contributed by atoms with E-state index in [-0.39, 0.29) is 12.0 Å². The average molecular weight is 349 g/mol. The second kappa shape index (κ2) is 6.40. The number of aromatic nitrogens is 4. The molecule has 10 heteroatoms. The molecule has 0 spiro atoms. The molecule has 0 fully saturated rings. The Hall–Kier alpha value is -2.75. The van der Waals surface area contributed by atoms with Gasteiger partial charge in [-0.2, -0.15) is 0 Å². The molecule has 0 bridgehead atoms. The van der Waals surface area contributed by atoms with Crippen LogP contribution in [0.25, 0.3) is 5.69 Å². The van der Waals surface area contributed by atoms with Crippen molar-refractivity contribution in [2.45, 2.75) is 24.5 Å². The normalized spacial score (nSPS) is 18.0. The fourth-order valence-electron chi connectivity index (χ4n) is 2.59. The maximum absolute atomic E-state index is 12.5. The highest BCUT2D eigenvalue weighted by molar-refractivity contribution is 7.93. The van der Waals surface area contributed by atoms with Crippen LogP contribution in [-0.2, 0) is 14.8 Å². The van der Waals surface area contributed by atoms with E-state index < -0.39 is 21.2 Å². The van der Waals surface area contributed by atoms with Crippen LogP contribution in [-0.4, -0.2) is 45.0 Å². The van der Waals surface area contributed by atoms with Crippen molar-refractivity contribution in [2.75, 3.05) is 4.72 Å². The second-order valence-electron chi connectivity index (χ2n) is 5.33. The minimum absolute atomic E-state index is 0.0703. The van der Waals surface area contributed by atoms with E-state index in [4.69, 9.17) is 0 Å². The van der Waals surface area contributed by atoms with Crippen molar-refractivity contribution in [2.24, 2.45) is 0 Å². The lowest BCUT2D eigenvalue weighted by molar-refractivity contribution is -0.132. The molecule has 1 aromatic carbocycles. The molecule has 0 amide bonds. The minimum atomic E-state index is -3.84. The molecular weight excluding hydrogens is 334 g/mol. The SMILES string of the molecule is O=C(O)C1=CCCCC1S(=O)(=O)Nc1ccc(-n2cnnn2)cc1. The first-order chi connectivity index (χ1) is 11.5. The van der Waals surface area contributed by atoms with Gasteiger partial charge in [-0.25, -0.2) is 17.9 Å². The van der Waals surface area contributed by atoms with Crippen LogP contribution in [0.5, 0.6) is 0 Å². The summed E-state index contributed by atoms with van der Waals surface area (Å²) in [7, 11) is -3.84. The number of tetrazole rings is 1. The Morgan fingerprint density at radius 3 is 2.67 bits per heavy atom. The summed E-state index contributed by atoms with van der Waals surface area (Å²) in [6.07, 6.45) is 4.41. The van der Waals surface area contributed by atoms with Gasteiger partial charge < -0.3 is 5.11 Å². The van der Waals surface area contributed by atoms with Crippen LogP contribution in [0.1, 0.15) is 19.3 Å². The van der Waals surface area contributed by atoms with E-state index in [1.807, 2.05) is 0 Å². The number of benzene rings is 1. The highest BCUT2D eigenvalue weighted by Gasteiger charge is 2.34. The number of allylic oxidation sites excluding steroid dienone is 1. The Bertz CT molecular complexity index is 859. The molecule has 24 heavy (non-hydrogen) atoms. The molecule has 2 aromatic rings. The van der Waals surface area contributed by atoms with Gasteiger partial charge in [0.2, 0.25) is 10.0 Å². The monoisotopic (exact) mass is 349 g/mol. The number of nitrogens with zero attached hydrogens (tertiary/aromatic N) is 4. The van der Waals surface area contributed by atoms with Crippen molar-refractivity contribution in [3.63, 3.8) is 0 Å². The third kappa shape index (κ3) is 3.27. The molecular formula is C14H15N5O4S. The summed E-state index contributed by atoms with van der Waals surface area (Å²) in [5.41, 5.74) is 0.952. The van der Waals surface area contributed by atoms with Gasteiger partial charge in [0, 0.05) is 5.69 Å². The second-order valence-corrected chi connectivity index (χ2v) is 7.20. The Labute approximate surface area is 138 Å². The van der Waals surface area contributed by atoms with E-state index in [9.17, 15) is 18.3 Å². The van der Waals surface area contributed by atoms with Gasteiger partial charge in [0.05, 0.1) is 11.3 Å². The van der Waals surface area contributed by atoms with Gasteiger partial charge >= 0.3 is 5.97 Å². The summed E-state index contributed by atoms with van der Waals surface area (Å²) in [5, 5.41) is 18.9. The maximum atomic E-state index is 12.5. The van der Waals surface area contributed by atoms with E-state index in [1.165, 1.54) is 17.1 Å². The molecule has 1 aliphatic rings. The zero-order valence-electron chi connectivity index (χ0n) is 12.5. The van der Waals surface area contributed by atoms with Crippen molar-refractivity contribution in [1.29, 1.82) is 0 Å². The van der Waals surface area contributed by atoms with E-state index in [0.717, 1.165) is 0 Å². The molecule has 1 atom stereocenters. The lowest BCUT2D eigenvalue weighted by Gasteiger charge is -2.22. The van der Waals surface area contributed by atoms with Crippen LogP contribution < -0.4 is 4.72 Å². The standard InChI is InChI=1S/C14H15N5O4S/c20-14(21)12-3-1-2-4-13(12)24(22,23)16-10-5-7-11(8-6-10)19-9-15-17-18-19/h3,5-9,13,16H,1-2,4H2,(H,20,21). The summed E-state index contributed by atoms with van der Waals surface area (Å²) < 4.78 is 28.9. The molecule has 0 aliphatic heterocycles. The Balaban J connectivity index is 1.80. The van der Waals surface area contributed by atoms with Crippen LogP contribution in [0.4, 0.5) is 5.69 Å². The number of aliphatic carboxylic acids is 1. The first-order valence-corrected chi connectivity index (χ1v) is 8.80. The molecule has 3 rings (SSSR count). The molecule has 126 valence electrons. The lowest BCUT2D eigenvalue weighted by Crippen LogP contribution is -2.34. The Morgan fingerprint density at radius 1 is 1.29 bits per heavy atom. The molecule has 0 saturated carbocycles. The quantitative estimate of drug-likeness (QED) is 0.823. The van der Waals surface area contributed by atoms with E-state index in [0.29, 0.717) is 24.2 Å². The number of rotatable bonds is 5. The van der Waals surface area contributed by atoms with Crippen molar-refractivity contribution in [3.05, 3.63) is 42.2 Å². The van der Waals surface area contributed by atoms with Gasteiger partial charge in [0.1, 0.15) is 11.6 Å². The topological polar surface area (TPSA) is 127 Å². The summed E-state index contributed by atoms with van der Waals surface area (Å²) in [6, 6.07) is 6.45. The summed E-state index contributed by atoms with van der Waals surface area (Å²) in [4.78, 5) is 11.3. The molecule has 0 radical (unpaired) electrons. The van der Waals surface area contributed by atoms with E-state index >= 15 is 0 Å². The van der Waals surface area contributed by atoms with Gasteiger partial charge in [-0.15, -0.1) is 5.10 Å². The summed E-state index contributed by atoms with van der Waals surface area (Å²) in [5.74, 6) is -1.20. The van der Waals surface area contributed by atoms with Crippen LogP contribution in [0.3, 0.4) is 0 Å². The first kappa shape index (κ1) is 16.1. The van der Waals surface area contributed by atoms with Crippen molar-refractivity contribution >= 4 is 21.7 Å². The number of hydrogen-bond donors (Lipinski definition) is 2. The molecule has 1 heterocycles. The van der Waals surface area contributed by atoms with Crippen LogP contribution in [0, 0.1) is 0 Å². The highest BCUT2D eigenvalue weighted by Crippen LogP contribution is 2.26. The first-order valence-electron chi connectivity index (χ1n) is 7.26. The molecule has 1 aromatic heterocycles. The molecule has 2 N–H and O–H groups in total. The number of carboxylic acids is 1. The summed E-state index contributed by atoms with van der Waals surface area (Å²) >= 11 is 0. The summed E-state index contributed by atoms with van der Waals surface area (Å²) in [6.45, 7) is 0. The van der Waals surface area contributed by atoms with Crippen LogP contribution >= 0.6 is 0 Å².